The zero-order chi connectivity index (χ0) is 10.4. The number of hydrogen-bond donors (Lipinski definition) is 2. The van der Waals surface area contributed by atoms with E-state index < -0.39 is 12.0 Å². The van der Waals surface area contributed by atoms with Gasteiger partial charge in [-0.3, -0.25) is 4.79 Å². The first-order valence-electron chi connectivity index (χ1n) is 4.23. The van der Waals surface area contributed by atoms with Gasteiger partial charge in [0.15, 0.2) is 0 Å². The largest absolute Gasteiger partial charge is 0.480 e. The zero-order valence-corrected chi connectivity index (χ0v) is 8.20. The maximum atomic E-state index is 11.2. The Labute approximate surface area is 77.7 Å². The molecular formula is C8H16N2O3. The number of amides is 2. The van der Waals surface area contributed by atoms with Crippen LogP contribution >= 0.6 is 0 Å². The molecule has 0 rings (SSSR count). The number of carbonyl (C=O) groups excluding carboxylic acids is 1. The molecule has 0 fully saturated rings. The van der Waals surface area contributed by atoms with E-state index in [2.05, 4.69) is 5.32 Å². The summed E-state index contributed by atoms with van der Waals surface area (Å²) in [6, 6.07) is -1.19. The van der Waals surface area contributed by atoms with Crippen LogP contribution in [-0.2, 0) is 4.79 Å². The van der Waals surface area contributed by atoms with Crippen LogP contribution in [0.2, 0.25) is 0 Å². The van der Waals surface area contributed by atoms with Crippen molar-refractivity contribution >= 4 is 12.0 Å². The van der Waals surface area contributed by atoms with Crippen LogP contribution in [0, 0.1) is 0 Å². The van der Waals surface area contributed by atoms with Crippen molar-refractivity contribution in [3.05, 3.63) is 0 Å². The first-order valence-corrected chi connectivity index (χ1v) is 4.23. The molecule has 0 aromatic rings. The second-order valence-electron chi connectivity index (χ2n) is 2.93. The van der Waals surface area contributed by atoms with Crippen LogP contribution in [0.5, 0.6) is 0 Å². The lowest BCUT2D eigenvalue weighted by Gasteiger charge is -2.18. The van der Waals surface area contributed by atoms with E-state index in [9.17, 15) is 9.59 Å². The summed E-state index contributed by atoms with van der Waals surface area (Å²) in [5.74, 6) is -1.03. The van der Waals surface area contributed by atoms with Gasteiger partial charge >= 0.3 is 12.0 Å². The molecule has 0 aliphatic heterocycles. The molecule has 0 radical (unpaired) electrons. The van der Waals surface area contributed by atoms with E-state index in [1.807, 2.05) is 6.92 Å². The third-order valence-corrected chi connectivity index (χ3v) is 1.62. The Hall–Kier alpha value is -1.26. The van der Waals surface area contributed by atoms with Crippen LogP contribution in [0.1, 0.15) is 20.3 Å². The van der Waals surface area contributed by atoms with Crippen molar-refractivity contribution in [1.82, 2.24) is 10.2 Å². The Balaban J connectivity index is 3.92. The summed E-state index contributed by atoms with van der Waals surface area (Å²) in [6.07, 6.45) is 0.853. The molecule has 0 spiro atoms. The highest BCUT2D eigenvalue weighted by molar-refractivity contribution is 5.82. The molecule has 5 nitrogen and oxygen atoms in total. The minimum Gasteiger partial charge on any atom is -0.480 e. The normalized spacial score (nSPS) is 11.9. The zero-order valence-electron chi connectivity index (χ0n) is 8.20. The highest BCUT2D eigenvalue weighted by Gasteiger charge is 2.15. The molecule has 0 saturated carbocycles. The second-order valence-corrected chi connectivity index (χ2v) is 2.93. The van der Waals surface area contributed by atoms with Crippen molar-refractivity contribution in [2.45, 2.75) is 26.3 Å². The molecule has 0 aromatic carbocycles. The molecule has 0 saturated heterocycles. The van der Waals surface area contributed by atoms with Gasteiger partial charge in [0.05, 0.1) is 0 Å². The van der Waals surface area contributed by atoms with Crippen LogP contribution in [0.25, 0.3) is 0 Å². The number of nitrogens with one attached hydrogen (secondary N) is 1. The van der Waals surface area contributed by atoms with Gasteiger partial charge in [0, 0.05) is 13.6 Å². The summed E-state index contributed by atoms with van der Waals surface area (Å²) in [6.45, 7) is 4.00. The maximum Gasteiger partial charge on any atom is 0.325 e. The molecule has 2 amide bonds. The maximum absolute atomic E-state index is 11.2. The van der Waals surface area contributed by atoms with E-state index in [1.165, 1.54) is 11.8 Å². The second kappa shape index (κ2) is 5.40. The average molecular weight is 188 g/mol. The quantitative estimate of drug-likeness (QED) is 0.675. The number of urea groups is 1. The lowest BCUT2D eigenvalue weighted by Crippen LogP contribution is -2.45. The van der Waals surface area contributed by atoms with Gasteiger partial charge < -0.3 is 15.3 Å². The fraction of sp³-hybridized carbons (Fsp3) is 0.750. The Morgan fingerprint density at radius 1 is 1.54 bits per heavy atom. The molecule has 0 heterocycles. The van der Waals surface area contributed by atoms with Crippen molar-refractivity contribution in [3.8, 4) is 0 Å². The van der Waals surface area contributed by atoms with E-state index in [4.69, 9.17) is 5.11 Å². The SMILES string of the molecule is CCCN(C)C(=O)N[C@@H](C)C(=O)O. The Kier molecular flexibility index (Phi) is 4.87. The minimum absolute atomic E-state index is 0.350. The Bertz CT molecular complexity index is 194. The predicted octanol–water partition coefficient (Wildman–Crippen LogP) is 0.511. The Morgan fingerprint density at radius 3 is 2.46 bits per heavy atom. The Morgan fingerprint density at radius 2 is 2.08 bits per heavy atom. The number of carbonyl (C=O) groups is 2. The number of carboxylic acids is 1. The van der Waals surface area contributed by atoms with E-state index in [0.717, 1.165) is 6.42 Å². The van der Waals surface area contributed by atoms with Gasteiger partial charge in [-0.25, -0.2) is 4.79 Å². The van der Waals surface area contributed by atoms with Crippen LogP contribution in [-0.4, -0.2) is 41.6 Å². The molecule has 0 aliphatic rings. The van der Waals surface area contributed by atoms with Crippen LogP contribution in [0.4, 0.5) is 4.79 Å². The fourth-order valence-corrected chi connectivity index (χ4v) is 0.794. The topological polar surface area (TPSA) is 69.6 Å². The van der Waals surface area contributed by atoms with Gasteiger partial charge in [-0.15, -0.1) is 0 Å². The lowest BCUT2D eigenvalue weighted by atomic mass is 10.3. The van der Waals surface area contributed by atoms with Crippen molar-refractivity contribution in [2.24, 2.45) is 0 Å². The van der Waals surface area contributed by atoms with Crippen LogP contribution in [0.15, 0.2) is 0 Å². The number of hydrogen-bond acceptors (Lipinski definition) is 2. The monoisotopic (exact) mass is 188 g/mol. The van der Waals surface area contributed by atoms with E-state index in [0.29, 0.717) is 6.54 Å². The van der Waals surface area contributed by atoms with Gasteiger partial charge in [0.25, 0.3) is 0 Å². The summed E-state index contributed by atoms with van der Waals surface area (Å²) in [5.41, 5.74) is 0. The van der Waals surface area contributed by atoms with E-state index >= 15 is 0 Å². The van der Waals surface area contributed by atoms with Crippen molar-refractivity contribution in [1.29, 1.82) is 0 Å². The highest BCUT2D eigenvalue weighted by atomic mass is 16.4. The third kappa shape index (κ3) is 4.35. The van der Waals surface area contributed by atoms with Crippen molar-refractivity contribution in [3.63, 3.8) is 0 Å². The molecule has 2 N–H and O–H groups in total. The van der Waals surface area contributed by atoms with Gasteiger partial charge in [-0.05, 0) is 13.3 Å². The molecular weight excluding hydrogens is 172 g/mol. The van der Waals surface area contributed by atoms with Crippen LogP contribution in [0.3, 0.4) is 0 Å². The number of carboxylic acid groups (broad SMARTS) is 1. The molecule has 5 heteroatoms. The van der Waals surface area contributed by atoms with Gasteiger partial charge in [0.2, 0.25) is 0 Å². The summed E-state index contributed by atoms with van der Waals surface area (Å²) < 4.78 is 0. The molecule has 13 heavy (non-hydrogen) atoms. The van der Waals surface area contributed by atoms with Gasteiger partial charge in [0.1, 0.15) is 6.04 Å². The lowest BCUT2D eigenvalue weighted by molar-refractivity contribution is -0.138. The minimum atomic E-state index is -1.03. The fourth-order valence-electron chi connectivity index (χ4n) is 0.794. The molecule has 1 atom stereocenters. The average Bonchev–Trinajstić information content (AvgIpc) is 2.04. The van der Waals surface area contributed by atoms with Crippen LogP contribution < -0.4 is 5.32 Å². The summed E-state index contributed by atoms with van der Waals surface area (Å²) in [7, 11) is 1.63. The molecule has 0 aliphatic carbocycles. The smallest absolute Gasteiger partial charge is 0.325 e. The summed E-state index contributed by atoms with van der Waals surface area (Å²) >= 11 is 0. The number of aliphatic carboxylic acids is 1. The van der Waals surface area contributed by atoms with Gasteiger partial charge in [-0.2, -0.15) is 0 Å². The summed E-state index contributed by atoms with van der Waals surface area (Å²) in [4.78, 5) is 23.0. The third-order valence-electron chi connectivity index (χ3n) is 1.62. The van der Waals surface area contributed by atoms with Crippen molar-refractivity contribution in [2.75, 3.05) is 13.6 Å². The number of nitrogens with zero attached hydrogens (tertiary/aromatic N) is 1. The molecule has 0 aromatic heterocycles. The molecule has 0 unspecified atom stereocenters. The molecule has 76 valence electrons. The van der Waals surface area contributed by atoms with E-state index in [-0.39, 0.29) is 6.03 Å². The first kappa shape index (κ1) is 11.7. The summed E-state index contributed by atoms with van der Waals surface area (Å²) in [5, 5.41) is 10.9. The predicted molar refractivity (Wildman–Crippen MR) is 48.6 cm³/mol. The first-order chi connectivity index (χ1) is 5.99. The molecule has 0 bridgehead atoms. The highest BCUT2D eigenvalue weighted by Crippen LogP contribution is 1.89. The standard InChI is InChI=1S/C8H16N2O3/c1-4-5-10(3)8(13)9-6(2)7(11)12/h6H,4-5H2,1-3H3,(H,9,13)(H,11,12)/t6-/m0/s1. The van der Waals surface area contributed by atoms with Gasteiger partial charge in [-0.1, -0.05) is 6.92 Å². The number of rotatable bonds is 4. The van der Waals surface area contributed by atoms with Crippen molar-refractivity contribution < 1.29 is 14.7 Å². The van der Waals surface area contributed by atoms with E-state index in [1.54, 1.807) is 7.05 Å².